The molecule has 0 aromatic rings. The fraction of sp³-hybridized carbons (Fsp3) is 0.917. The molecule has 0 aromatic heterocycles. The summed E-state index contributed by atoms with van der Waals surface area (Å²) in [7, 11) is -1.84. The predicted molar refractivity (Wildman–Crippen MR) is 193 cm³/mol. The van der Waals surface area contributed by atoms with Crippen molar-refractivity contribution < 1.29 is 33.1 Å². The summed E-state index contributed by atoms with van der Waals surface area (Å²) in [5.41, 5.74) is 0. The Hall–Kier alpha value is -1.48. The maximum absolute atomic E-state index is 12.9. The van der Waals surface area contributed by atoms with Crippen LogP contribution in [0.1, 0.15) is 167 Å². The SMILES string of the molecule is CCCCCCCCCCCCCCCCCC(=O)NCCCCC(NC(=O)CCCCCOC)C(=O)NCCCCOP(C)(=O)O. The number of methoxy groups -OCH3 is 1. The molecule has 0 radical (unpaired) electrons. The highest BCUT2D eigenvalue weighted by molar-refractivity contribution is 7.51. The summed E-state index contributed by atoms with van der Waals surface area (Å²) >= 11 is 0. The van der Waals surface area contributed by atoms with E-state index in [2.05, 4.69) is 22.9 Å². The number of carbonyl (C=O) groups excluding carboxylic acids is 3. The highest BCUT2D eigenvalue weighted by atomic mass is 31.2. The van der Waals surface area contributed by atoms with Gasteiger partial charge in [0.15, 0.2) is 0 Å². The van der Waals surface area contributed by atoms with Crippen molar-refractivity contribution in [1.82, 2.24) is 16.0 Å². The monoisotopic (exact) mass is 690 g/mol. The molecule has 4 N–H and O–H groups in total. The van der Waals surface area contributed by atoms with E-state index >= 15 is 0 Å². The van der Waals surface area contributed by atoms with E-state index < -0.39 is 13.6 Å². The molecule has 278 valence electrons. The third-order valence-electron chi connectivity index (χ3n) is 8.35. The molecule has 0 saturated heterocycles. The molecule has 0 aliphatic carbocycles. The topological polar surface area (TPSA) is 143 Å². The molecule has 0 aliphatic heterocycles. The summed E-state index contributed by atoms with van der Waals surface area (Å²) < 4.78 is 21.1. The first-order chi connectivity index (χ1) is 22.7. The molecular weight excluding hydrogens is 617 g/mol. The number of rotatable bonds is 35. The zero-order valence-corrected chi connectivity index (χ0v) is 31.3. The van der Waals surface area contributed by atoms with Crippen molar-refractivity contribution in [2.24, 2.45) is 0 Å². The van der Waals surface area contributed by atoms with Crippen molar-refractivity contribution in [3.05, 3.63) is 0 Å². The molecule has 3 amide bonds. The Morgan fingerprint density at radius 3 is 1.64 bits per heavy atom. The van der Waals surface area contributed by atoms with Crippen molar-refractivity contribution in [2.45, 2.75) is 173 Å². The summed E-state index contributed by atoms with van der Waals surface area (Å²) in [5, 5.41) is 8.75. The largest absolute Gasteiger partial charge is 0.385 e. The van der Waals surface area contributed by atoms with E-state index in [9.17, 15) is 23.8 Å². The minimum Gasteiger partial charge on any atom is -0.385 e. The first-order valence-corrected chi connectivity index (χ1v) is 21.0. The fourth-order valence-corrected chi connectivity index (χ4v) is 5.95. The van der Waals surface area contributed by atoms with Gasteiger partial charge < -0.3 is 30.1 Å². The van der Waals surface area contributed by atoms with Gasteiger partial charge in [0, 0.05) is 46.3 Å². The quantitative estimate of drug-likeness (QED) is 0.0391. The van der Waals surface area contributed by atoms with Gasteiger partial charge in [-0.25, -0.2) is 0 Å². The second-order valence-electron chi connectivity index (χ2n) is 13.1. The summed E-state index contributed by atoms with van der Waals surface area (Å²) in [6.45, 7) is 5.18. The van der Waals surface area contributed by atoms with Gasteiger partial charge >= 0.3 is 7.60 Å². The molecule has 2 unspecified atom stereocenters. The molecule has 47 heavy (non-hydrogen) atoms. The van der Waals surface area contributed by atoms with Crippen molar-refractivity contribution in [3.8, 4) is 0 Å². The molecule has 2 atom stereocenters. The van der Waals surface area contributed by atoms with Gasteiger partial charge in [0.05, 0.1) is 6.61 Å². The van der Waals surface area contributed by atoms with E-state index in [0.717, 1.165) is 45.2 Å². The Morgan fingerprint density at radius 1 is 0.617 bits per heavy atom. The zero-order valence-electron chi connectivity index (χ0n) is 30.4. The highest BCUT2D eigenvalue weighted by Gasteiger charge is 2.20. The first kappa shape index (κ1) is 45.5. The molecule has 0 aliphatic rings. The van der Waals surface area contributed by atoms with Gasteiger partial charge in [0.2, 0.25) is 17.7 Å². The minimum atomic E-state index is -3.49. The van der Waals surface area contributed by atoms with Crippen molar-refractivity contribution in [3.63, 3.8) is 0 Å². The van der Waals surface area contributed by atoms with Crippen LogP contribution < -0.4 is 16.0 Å². The van der Waals surface area contributed by atoms with Crippen LogP contribution >= 0.6 is 7.60 Å². The third-order valence-corrected chi connectivity index (χ3v) is 9.02. The predicted octanol–water partition coefficient (Wildman–Crippen LogP) is 7.95. The third kappa shape index (κ3) is 34.2. The van der Waals surface area contributed by atoms with Crippen LogP contribution in [0.25, 0.3) is 0 Å². The molecule has 0 spiro atoms. The summed E-state index contributed by atoms with van der Waals surface area (Å²) in [6.07, 6.45) is 26.0. The molecule has 10 nitrogen and oxygen atoms in total. The van der Waals surface area contributed by atoms with Crippen LogP contribution in [0.5, 0.6) is 0 Å². The second kappa shape index (κ2) is 33.0. The summed E-state index contributed by atoms with van der Waals surface area (Å²) in [4.78, 5) is 46.8. The second-order valence-corrected chi connectivity index (χ2v) is 15.0. The van der Waals surface area contributed by atoms with Gasteiger partial charge in [-0.05, 0) is 51.4 Å². The Kier molecular flexibility index (Phi) is 32.0. The molecule has 0 fully saturated rings. The molecule has 0 rings (SSSR count). The Bertz CT molecular complexity index is 809. The molecule has 0 aromatic carbocycles. The zero-order chi connectivity index (χ0) is 34.9. The minimum absolute atomic E-state index is 0.0837. The summed E-state index contributed by atoms with van der Waals surface area (Å²) in [6, 6.07) is -0.637. The van der Waals surface area contributed by atoms with Crippen LogP contribution in [-0.4, -0.2) is 68.7 Å². The van der Waals surface area contributed by atoms with Gasteiger partial charge in [0.1, 0.15) is 6.04 Å². The lowest BCUT2D eigenvalue weighted by molar-refractivity contribution is -0.129. The number of nitrogens with one attached hydrogen (secondary N) is 3. The Morgan fingerprint density at radius 2 is 1.09 bits per heavy atom. The van der Waals surface area contributed by atoms with E-state index in [1.807, 2.05) is 0 Å². The number of unbranched alkanes of at least 4 members (excludes halogenated alkanes) is 18. The number of hydrogen-bond donors (Lipinski definition) is 4. The maximum Gasteiger partial charge on any atom is 0.325 e. The van der Waals surface area contributed by atoms with Crippen molar-refractivity contribution in [1.29, 1.82) is 0 Å². The van der Waals surface area contributed by atoms with Crippen molar-refractivity contribution in [2.75, 3.05) is 40.1 Å². The van der Waals surface area contributed by atoms with Gasteiger partial charge in [-0.1, -0.05) is 103 Å². The normalized spacial score (nSPS) is 13.2. The van der Waals surface area contributed by atoms with E-state index in [0.29, 0.717) is 58.2 Å². The standard InChI is InChI=1S/C36H72N3O7P/c1-4-5-6-7-8-9-10-11-12-13-14-15-16-17-19-27-34(40)37-29-22-21-26-33(39-35(41)28-20-18-24-31-45-2)36(42)38-30-23-25-32-46-47(3,43)44/h33H,4-32H2,1-3H3,(H,37,40)(H,38,42)(H,39,41)(H,43,44). The van der Waals surface area contributed by atoms with Crippen molar-refractivity contribution >= 4 is 25.3 Å². The molecule has 0 saturated carbocycles. The number of carbonyl (C=O) groups is 3. The number of hydrogen-bond acceptors (Lipinski definition) is 6. The van der Waals surface area contributed by atoms with E-state index in [1.54, 1.807) is 7.11 Å². The van der Waals surface area contributed by atoms with Crippen LogP contribution in [0.4, 0.5) is 0 Å². The van der Waals surface area contributed by atoms with Crippen LogP contribution in [0.2, 0.25) is 0 Å². The number of ether oxygens (including phenoxy) is 1. The van der Waals surface area contributed by atoms with Crippen LogP contribution in [0.15, 0.2) is 0 Å². The Labute approximate surface area is 287 Å². The smallest absolute Gasteiger partial charge is 0.325 e. The lowest BCUT2D eigenvalue weighted by atomic mass is 10.0. The van der Waals surface area contributed by atoms with E-state index in [-0.39, 0.29) is 24.3 Å². The number of amides is 3. The lowest BCUT2D eigenvalue weighted by Gasteiger charge is -2.19. The average molecular weight is 690 g/mol. The lowest BCUT2D eigenvalue weighted by Crippen LogP contribution is -2.47. The molecule has 0 heterocycles. The average Bonchev–Trinajstić information content (AvgIpc) is 3.03. The highest BCUT2D eigenvalue weighted by Crippen LogP contribution is 2.36. The Balaban J connectivity index is 4.07. The van der Waals surface area contributed by atoms with Gasteiger partial charge in [-0.15, -0.1) is 0 Å². The van der Waals surface area contributed by atoms with Crippen LogP contribution in [0, 0.1) is 0 Å². The van der Waals surface area contributed by atoms with Crippen LogP contribution in [-0.2, 0) is 28.2 Å². The molecule has 0 bridgehead atoms. The first-order valence-electron chi connectivity index (χ1n) is 19.0. The van der Waals surface area contributed by atoms with Crippen LogP contribution in [0.3, 0.4) is 0 Å². The molecule has 11 heteroatoms. The fourth-order valence-electron chi connectivity index (χ4n) is 5.49. The van der Waals surface area contributed by atoms with Gasteiger partial charge in [-0.2, -0.15) is 0 Å². The maximum atomic E-state index is 12.9. The summed E-state index contributed by atoms with van der Waals surface area (Å²) in [5.74, 6) is -0.297. The van der Waals surface area contributed by atoms with E-state index in [1.165, 1.54) is 83.5 Å². The van der Waals surface area contributed by atoms with E-state index in [4.69, 9.17) is 9.26 Å². The van der Waals surface area contributed by atoms with Gasteiger partial charge in [-0.3, -0.25) is 18.9 Å². The van der Waals surface area contributed by atoms with Gasteiger partial charge in [0.25, 0.3) is 0 Å². The molecular formula is C36H72N3O7P.